The van der Waals surface area contributed by atoms with Crippen molar-refractivity contribution in [1.82, 2.24) is 4.98 Å². The van der Waals surface area contributed by atoms with Crippen LogP contribution in [0.5, 0.6) is 0 Å². The molecule has 6 heteroatoms. The number of carbonyl (C=O) groups excluding carboxylic acids is 1. The van der Waals surface area contributed by atoms with Crippen LogP contribution in [-0.4, -0.2) is 40.3 Å². The van der Waals surface area contributed by atoms with Gasteiger partial charge < -0.3 is 10.1 Å². The van der Waals surface area contributed by atoms with Gasteiger partial charge in [0.2, 0.25) is 0 Å². The summed E-state index contributed by atoms with van der Waals surface area (Å²) < 4.78 is 15.9. The number of ether oxygens (including phenoxy) is 1. The van der Waals surface area contributed by atoms with E-state index in [1.807, 2.05) is 6.92 Å². The number of carbonyl (C=O) groups is 1. The molecule has 0 bridgehead atoms. The summed E-state index contributed by atoms with van der Waals surface area (Å²) in [7, 11) is 0.499. The Labute approximate surface area is 109 Å². The van der Waals surface area contributed by atoms with E-state index in [1.54, 1.807) is 24.6 Å². The first kappa shape index (κ1) is 14.6. The Morgan fingerprint density at radius 2 is 2.33 bits per heavy atom. The van der Waals surface area contributed by atoms with Crippen LogP contribution in [0.1, 0.15) is 23.7 Å². The molecule has 0 aliphatic carbocycles. The number of hydrogen-bond acceptors (Lipinski definition) is 5. The Balaban J connectivity index is 2.62. The Morgan fingerprint density at radius 1 is 1.61 bits per heavy atom. The minimum atomic E-state index is -0.836. The number of anilines is 1. The molecule has 1 N–H and O–H groups in total. The lowest BCUT2D eigenvalue weighted by Gasteiger charge is -2.11. The van der Waals surface area contributed by atoms with Gasteiger partial charge >= 0.3 is 5.97 Å². The second-order valence-electron chi connectivity index (χ2n) is 3.92. The van der Waals surface area contributed by atoms with Crippen molar-refractivity contribution in [2.24, 2.45) is 0 Å². The van der Waals surface area contributed by atoms with Gasteiger partial charge in [-0.3, -0.25) is 4.21 Å². The molecule has 1 aromatic heterocycles. The van der Waals surface area contributed by atoms with Crippen LogP contribution in [0, 0.1) is 0 Å². The topological polar surface area (TPSA) is 68.3 Å². The molecule has 0 saturated heterocycles. The molecule has 0 aliphatic heterocycles. The molecule has 0 aliphatic rings. The smallest absolute Gasteiger partial charge is 0.341 e. The summed E-state index contributed by atoms with van der Waals surface area (Å²) in [5.74, 6) is 0.0798. The molecule has 0 saturated carbocycles. The predicted molar refractivity (Wildman–Crippen MR) is 72.2 cm³/mol. The molecule has 18 heavy (non-hydrogen) atoms. The highest BCUT2D eigenvalue weighted by molar-refractivity contribution is 7.84. The van der Waals surface area contributed by atoms with Gasteiger partial charge in [-0.15, -0.1) is 0 Å². The molecular formula is C12H18N2O3S. The quantitative estimate of drug-likeness (QED) is 0.792. The van der Waals surface area contributed by atoms with E-state index in [0.29, 0.717) is 17.9 Å². The first-order valence-electron chi connectivity index (χ1n) is 5.65. The van der Waals surface area contributed by atoms with E-state index in [1.165, 1.54) is 7.11 Å². The van der Waals surface area contributed by atoms with Gasteiger partial charge in [-0.2, -0.15) is 0 Å². The number of nitrogens with one attached hydrogen (secondary N) is 1. The molecule has 0 amide bonds. The van der Waals surface area contributed by atoms with Gasteiger partial charge in [-0.1, -0.05) is 6.92 Å². The molecular weight excluding hydrogens is 252 g/mol. The van der Waals surface area contributed by atoms with Crippen molar-refractivity contribution in [3.8, 4) is 0 Å². The third-order valence-corrected chi connectivity index (χ3v) is 3.99. The zero-order valence-corrected chi connectivity index (χ0v) is 11.6. The van der Waals surface area contributed by atoms with Crippen molar-refractivity contribution in [1.29, 1.82) is 0 Å². The zero-order chi connectivity index (χ0) is 13.5. The minimum absolute atomic E-state index is 0.114. The highest BCUT2D eigenvalue weighted by Gasteiger charge is 2.12. The summed E-state index contributed by atoms with van der Waals surface area (Å²) in [4.78, 5) is 15.6. The first-order chi connectivity index (χ1) is 8.56. The molecule has 2 atom stereocenters. The Bertz CT molecular complexity index is 437. The van der Waals surface area contributed by atoms with E-state index in [9.17, 15) is 9.00 Å². The Hall–Kier alpha value is -1.43. The van der Waals surface area contributed by atoms with Gasteiger partial charge in [0.25, 0.3) is 0 Å². The fourth-order valence-corrected chi connectivity index (χ4v) is 1.83. The van der Waals surface area contributed by atoms with E-state index in [-0.39, 0.29) is 5.25 Å². The molecule has 1 rings (SSSR count). The zero-order valence-electron chi connectivity index (χ0n) is 10.8. The third kappa shape index (κ3) is 4.10. The van der Waals surface area contributed by atoms with Crippen molar-refractivity contribution >= 4 is 22.6 Å². The number of aromatic nitrogens is 1. The van der Waals surface area contributed by atoms with Crippen LogP contribution in [0.3, 0.4) is 0 Å². The summed E-state index contributed by atoms with van der Waals surface area (Å²) >= 11 is 0. The van der Waals surface area contributed by atoms with Crippen molar-refractivity contribution in [3.63, 3.8) is 0 Å². The van der Waals surface area contributed by atoms with E-state index in [4.69, 9.17) is 0 Å². The molecule has 1 heterocycles. The minimum Gasteiger partial charge on any atom is -0.465 e. The van der Waals surface area contributed by atoms with Crippen molar-refractivity contribution < 1.29 is 13.7 Å². The largest absolute Gasteiger partial charge is 0.465 e. The van der Waals surface area contributed by atoms with Gasteiger partial charge in [0.1, 0.15) is 11.4 Å². The number of esters is 1. The predicted octanol–water partition coefficient (Wildman–Crippen LogP) is 1.44. The molecule has 2 unspecified atom stereocenters. The van der Waals surface area contributed by atoms with Crippen LogP contribution in [-0.2, 0) is 15.5 Å². The summed E-state index contributed by atoms with van der Waals surface area (Å²) in [6.07, 6.45) is 4.04. The molecule has 0 fully saturated rings. The molecule has 100 valence electrons. The number of pyridine rings is 1. The number of nitrogens with zero attached hydrogens (tertiary/aromatic N) is 1. The highest BCUT2D eigenvalue weighted by Crippen LogP contribution is 2.13. The highest BCUT2D eigenvalue weighted by atomic mass is 32.2. The van der Waals surface area contributed by atoms with E-state index in [2.05, 4.69) is 15.0 Å². The lowest BCUT2D eigenvalue weighted by atomic mass is 10.2. The lowest BCUT2D eigenvalue weighted by molar-refractivity contribution is 0.0601. The van der Waals surface area contributed by atoms with Crippen molar-refractivity contribution in [2.45, 2.75) is 18.6 Å². The maximum atomic E-state index is 11.5. The second-order valence-corrected chi connectivity index (χ2v) is 5.72. The van der Waals surface area contributed by atoms with Crippen molar-refractivity contribution in [3.05, 3.63) is 23.9 Å². The van der Waals surface area contributed by atoms with Gasteiger partial charge in [-0.05, 0) is 18.6 Å². The van der Waals surface area contributed by atoms with Crippen molar-refractivity contribution in [2.75, 3.05) is 25.2 Å². The maximum absolute atomic E-state index is 11.5. The van der Waals surface area contributed by atoms with Crippen LogP contribution in [0.15, 0.2) is 18.3 Å². The van der Waals surface area contributed by atoms with E-state index < -0.39 is 16.8 Å². The number of rotatable bonds is 6. The van der Waals surface area contributed by atoms with E-state index >= 15 is 0 Å². The van der Waals surface area contributed by atoms with Gasteiger partial charge in [0.05, 0.1) is 7.11 Å². The summed E-state index contributed by atoms with van der Waals surface area (Å²) in [5, 5.41) is 3.18. The number of hydrogen-bond donors (Lipinski definition) is 1. The fraction of sp³-hybridized carbons (Fsp3) is 0.500. The summed E-state index contributed by atoms with van der Waals surface area (Å²) in [6, 6.07) is 3.34. The lowest BCUT2D eigenvalue weighted by Crippen LogP contribution is -2.17. The monoisotopic (exact) mass is 270 g/mol. The van der Waals surface area contributed by atoms with E-state index in [0.717, 1.165) is 6.42 Å². The SMILES string of the molecule is COC(=O)c1cccnc1NCCC(C)S(C)=O. The Morgan fingerprint density at radius 3 is 2.94 bits per heavy atom. The van der Waals surface area contributed by atoms with Crippen LogP contribution < -0.4 is 5.32 Å². The molecule has 0 spiro atoms. The molecule has 0 radical (unpaired) electrons. The summed E-state index contributed by atoms with van der Waals surface area (Å²) in [5.41, 5.74) is 0.408. The summed E-state index contributed by atoms with van der Waals surface area (Å²) in [6.45, 7) is 2.54. The third-order valence-electron chi connectivity index (χ3n) is 2.62. The fourth-order valence-electron chi connectivity index (χ4n) is 1.38. The van der Waals surface area contributed by atoms with Gasteiger partial charge in [0, 0.05) is 35.0 Å². The molecule has 5 nitrogen and oxygen atoms in total. The molecule has 0 aromatic carbocycles. The average molecular weight is 270 g/mol. The standard InChI is InChI=1S/C12H18N2O3S/c1-9(18(3)16)6-8-14-11-10(12(15)17-2)5-4-7-13-11/h4-5,7,9H,6,8H2,1-3H3,(H,13,14). The van der Waals surface area contributed by atoms with Gasteiger partial charge in [0.15, 0.2) is 0 Å². The van der Waals surface area contributed by atoms with Crippen LogP contribution in [0.2, 0.25) is 0 Å². The van der Waals surface area contributed by atoms with Crippen LogP contribution in [0.4, 0.5) is 5.82 Å². The average Bonchev–Trinajstić information content (AvgIpc) is 2.38. The van der Waals surface area contributed by atoms with Gasteiger partial charge in [-0.25, -0.2) is 9.78 Å². The molecule has 1 aromatic rings. The second kappa shape index (κ2) is 7.10. The normalized spacial score (nSPS) is 13.7. The van der Waals surface area contributed by atoms with Crippen LogP contribution in [0.25, 0.3) is 0 Å². The number of methoxy groups -OCH3 is 1. The first-order valence-corrected chi connectivity index (χ1v) is 7.27. The Kier molecular flexibility index (Phi) is 5.77. The van der Waals surface area contributed by atoms with Crippen LogP contribution >= 0.6 is 0 Å². The maximum Gasteiger partial charge on any atom is 0.341 e.